The first kappa shape index (κ1) is 29.3. The molecule has 5 unspecified atom stereocenters. The van der Waals surface area contributed by atoms with Crippen molar-refractivity contribution in [2.24, 2.45) is 11.5 Å². The van der Waals surface area contributed by atoms with Gasteiger partial charge in [-0.3, -0.25) is 19.2 Å². The Morgan fingerprint density at radius 1 is 0.914 bits per heavy atom. The summed E-state index contributed by atoms with van der Waals surface area (Å²) in [5, 5.41) is 44.5. The van der Waals surface area contributed by atoms with Crippen molar-refractivity contribution in [3.8, 4) is 5.75 Å². The molecule has 1 rings (SSSR count). The lowest BCUT2D eigenvalue weighted by Gasteiger charge is -2.24. The number of nitrogens with one attached hydrogen (secondary N) is 3. The van der Waals surface area contributed by atoms with Crippen molar-refractivity contribution in [1.82, 2.24) is 16.0 Å². The van der Waals surface area contributed by atoms with Crippen LogP contribution in [0.2, 0.25) is 0 Å². The van der Waals surface area contributed by atoms with Crippen LogP contribution in [0.15, 0.2) is 24.3 Å². The van der Waals surface area contributed by atoms with E-state index >= 15 is 0 Å². The number of hydrogen-bond acceptors (Lipinski definition) is 9. The van der Waals surface area contributed by atoms with Gasteiger partial charge in [-0.05, 0) is 31.0 Å². The molecule has 0 fully saturated rings. The number of carbonyl (C=O) groups is 5. The fourth-order valence-corrected chi connectivity index (χ4v) is 2.85. The van der Waals surface area contributed by atoms with Crippen LogP contribution in [-0.2, 0) is 30.4 Å². The van der Waals surface area contributed by atoms with Crippen LogP contribution in [-0.4, -0.2) is 86.9 Å². The number of aliphatic hydroxyl groups is 2. The normalized spacial score (nSPS) is 15.1. The number of phenols is 1. The summed E-state index contributed by atoms with van der Waals surface area (Å²) in [5.74, 6) is -5.08. The highest BCUT2D eigenvalue weighted by Crippen LogP contribution is 2.11. The lowest BCUT2D eigenvalue weighted by atomic mass is 10.0. The minimum Gasteiger partial charge on any atom is -0.508 e. The lowest BCUT2D eigenvalue weighted by molar-refractivity contribution is -0.142. The van der Waals surface area contributed by atoms with Crippen LogP contribution in [0.25, 0.3) is 0 Å². The van der Waals surface area contributed by atoms with E-state index < -0.39 is 66.5 Å². The zero-order chi connectivity index (χ0) is 26.7. The van der Waals surface area contributed by atoms with Crippen molar-refractivity contribution in [2.75, 3.05) is 6.61 Å². The molecule has 194 valence electrons. The summed E-state index contributed by atoms with van der Waals surface area (Å²) < 4.78 is 0. The highest BCUT2D eigenvalue weighted by Gasteiger charge is 2.31. The van der Waals surface area contributed by atoms with E-state index in [0.29, 0.717) is 5.56 Å². The van der Waals surface area contributed by atoms with Crippen molar-refractivity contribution in [3.63, 3.8) is 0 Å². The number of primary amides is 1. The molecular weight excluding hydrogens is 466 g/mol. The van der Waals surface area contributed by atoms with Crippen LogP contribution >= 0.6 is 0 Å². The number of carbonyl (C=O) groups excluding carboxylic acids is 4. The Kier molecular flexibility index (Phi) is 11.6. The third-order valence-corrected chi connectivity index (χ3v) is 4.94. The van der Waals surface area contributed by atoms with Gasteiger partial charge in [0, 0.05) is 12.8 Å². The highest BCUT2D eigenvalue weighted by molar-refractivity contribution is 5.94. The molecule has 0 saturated heterocycles. The number of benzene rings is 1. The Hall–Kier alpha value is -3.75. The summed E-state index contributed by atoms with van der Waals surface area (Å²) >= 11 is 0. The molecule has 0 aromatic heterocycles. The zero-order valence-corrected chi connectivity index (χ0v) is 19.0. The zero-order valence-electron chi connectivity index (χ0n) is 19.0. The molecule has 1 aromatic rings. The molecule has 0 aliphatic carbocycles. The molecule has 0 saturated carbocycles. The maximum absolute atomic E-state index is 12.7. The summed E-state index contributed by atoms with van der Waals surface area (Å²) in [5.41, 5.74) is 11.1. The molecule has 0 spiro atoms. The average Bonchev–Trinajstić information content (AvgIpc) is 2.79. The molecule has 14 heteroatoms. The van der Waals surface area contributed by atoms with E-state index in [0.717, 1.165) is 0 Å². The topological polar surface area (TPSA) is 254 Å². The number of aliphatic hydroxyl groups excluding tert-OH is 2. The molecule has 0 radical (unpaired) electrons. The van der Waals surface area contributed by atoms with E-state index in [1.807, 2.05) is 0 Å². The summed E-state index contributed by atoms with van der Waals surface area (Å²) in [4.78, 5) is 60.1. The van der Waals surface area contributed by atoms with Gasteiger partial charge in [0.15, 0.2) is 0 Å². The number of aromatic hydroxyl groups is 1. The van der Waals surface area contributed by atoms with Gasteiger partial charge in [0.1, 0.15) is 29.9 Å². The number of hydrogen-bond donors (Lipinski definition) is 9. The standard InChI is InChI=1S/C21H31N5O9/c1-10(28)17(23)20(33)24-13(6-7-16(22)30)18(31)26-15(9-27)19(32)25-14(21(34)35)8-11-2-4-12(29)5-3-11/h2-5,10,13-15,17,27-29H,6-9,23H2,1H3,(H2,22,30)(H,24,33)(H,25,32)(H,26,31)(H,34,35). The second-order valence-corrected chi connectivity index (χ2v) is 7.85. The van der Waals surface area contributed by atoms with Gasteiger partial charge < -0.3 is 47.8 Å². The first-order chi connectivity index (χ1) is 16.3. The van der Waals surface area contributed by atoms with Crippen LogP contribution in [0.4, 0.5) is 0 Å². The molecule has 0 aliphatic heterocycles. The number of carboxylic acid groups (broad SMARTS) is 1. The van der Waals surface area contributed by atoms with Crippen molar-refractivity contribution in [2.45, 2.75) is 56.5 Å². The number of carboxylic acids is 1. The SMILES string of the molecule is CC(O)C(N)C(=O)NC(CCC(N)=O)C(=O)NC(CO)C(=O)NC(Cc1ccc(O)cc1)C(=O)O. The van der Waals surface area contributed by atoms with E-state index in [9.17, 15) is 44.4 Å². The minimum absolute atomic E-state index is 0.0277. The molecule has 0 bridgehead atoms. The number of nitrogens with two attached hydrogens (primary N) is 2. The fraction of sp³-hybridized carbons (Fsp3) is 0.476. The maximum Gasteiger partial charge on any atom is 0.326 e. The van der Waals surface area contributed by atoms with Gasteiger partial charge in [-0.1, -0.05) is 12.1 Å². The van der Waals surface area contributed by atoms with Crippen LogP contribution in [0.1, 0.15) is 25.3 Å². The minimum atomic E-state index is -1.59. The summed E-state index contributed by atoms with van der Waals surface area (Å²) in [6.45, 7) is 0.346. The molecular formula is C21H31N5O9. The highest BCUT2D eigenvalue weighted by atomic mass is 16.4. The number of aliphatic carboxylic acids is 1. The van der Waals surface area contributed by atoms with Crippen LogP contribution in [0.3, 0.4) is 0 Å². The fourth-order valence-electron chi connectivity index (χ4n) is 2.85. The van der Waals surface area contributed by atoms with E-state index in [1.54, 1.807) is 0 Å². The number of amides is 4. The van der Waals surface area contributed by atoms with E-state index in [2.05, 4.69) is 16.0 Å². The monoisotopic (exact) mass is 497 g/mol. The molecule has 0 heterocycles. The second-order valence-electron chi connectivity index (χ2n) is 7.85. The first-order valence-corrected chi connectivity index (χ1v) is 10.6. The molecule has 14 nitrogen and oxygen atoms in total. The summed E-state index contributed by atoms with van der Waals surface area (Å²) in [6.07, 6.45) is -1.97. The first-order valence-electron chi connectivity index (χ1n) is 10.6. The molecule has 0 aliphatic rings. The largest absolute Gasteiger partial charge is 0.508 e. The Morgan fingerprint density at radius 2 is 1.43 bits per heavy atom. The molecule has 1 aromatic carbocycles. The average molecular weight is 498 g/mol. The van der Waals surface area contributed by atoms with Gasteiger partial charge in [-0.2, -0.15) is 0 Å². The summed E-state index contributed by atoms with van der Waals surface area (Å²) in [6, 6.07) is -0.177. The lowest BCUT2D eigenvalue weighted by Crippen LogP contribution is -2.59. The predicted octanol–water partition coefficient (Wildman–Crippen LogP) is -3.56. The number of rotatable bonds is 14. The smallest absolute Gasteiger partial charge is 0.326 e. The van der Waals surface area contributed by atoms with E-state index in [4.69, 9.17) is 11.5 Å². The van der Waals surface area contributed by atoms with Gasteiger partial charge in [0.05, 0.1) is 12.7 Å². The molecule has 35 heavy (non-hydrogen) atoms. The quantitative estimate of drug-likeness (QED) is 0.122. The van der Waals surface area contributed by atoms with Gasteiger partial charge in [-0.25, -0.2) is 4.79 Å². The Labute approximate surface area is 200 Å². The predicted molar refractivity (Wildman–Crippen MR) is 120 cm³/mol. The third kappa shape index (κ3) is 9.95. The van der Waals surface area contributed by atoms with Crippen molar-refractivity contribution in [3.05, 3.63) is 29.8 Å². The molecule has 5 atom stereocenters. The molecule has 4 amide bonds. The van der Waals surface area contributed by atoms with Crippen LogP contribution in [0, 0.1) is 0 Å². The van der Waals surface area contributed by atoms with Gasteiger partial charge in [0.25, 0.3) is 0 Å². The van der Waals surface area contributed by atoms with Crippen molar-refractivity contribution < 1.29 is 44.4 Å². The van der Waals surface area contributed by atoms with Crippen LogP contribution < -0.4 is 27.4 Å². The van der Waals surface area contributed by atoms with E-state index in [-0.39, 0.29) is 25.0 Å². The van der Waals surface area contributed by atoms with E-state index in [1.165, 1.54) is 31.2 Å². The Bertz CT molecular complexity index is 907. The van der Waals surface area contributed by atoms with Crippen LogP contribution in [0.5, 0.6) is 5.75 Å². The number of phenolic OH excluding ortho intramolecular Hbond substituents is 1. The van der Waals surface area contributed by atoms with Gasteiger partial charge in [0.2, 0.25) is 23.6 Å². The van der Waals surface area contributed by atoms with Gasteiger partial charge in [-0.15, -0.1) is 0 Å². The third-order valence-electron chi connectivity index (χ3n) is 4.94. The maximum atomic E-state index is 12.7. The van der Waals surface area contributed by atoms with Crippen molar-refractivity contribution >= 4 is 29.6 Å². The van der Waals surface area contributed by atoms with Gasteiger partial charge >= 0.3 is 5.97 Å². The second kappa shape index (κ2) is 13.8. The molecule has 11 N–H and O–H groups in total. The van der Waals surface area contributed by atoms with Crippen molar-refractivity contribution in [1.29, 1.82) is 0 Å². The Balaban J connectivity index is 2.91. The summed E-state index contributed by atoms with van der Waals surface area (Å²) in [7, 11) is 0. The Morgan fingerprint density at radius 3 is 1.91 bits per heavy atom.